The third kappa shape index (κ3) is 2.41. The predicted octanol–water partition coefficient (Wildman–Crippen LogP) is 1.75. The molecule has 3 heteroatoms. The molecule has 0 radical (unpaired) electrons. The highest BCUT2D eigenvalue weighted by Gasteiger charge is 2.27. The minimum absolute atomic E-state index is 0.339. The molecule has 0 aromatic heterocycles. The number of nitrogens with zero attached hydrogens (tertiary/aromatic N) is 1. The molecule has 1 aliphatic heterocycles. The Balaban J connectivity index is 2.28. The summed E-state index contributed by atoms with van der Waals surface area (Å²) in [7, 11) is 0. The van der Waals surface area contributed by atoms with Gasteiger partial charge in [-0.3, -0.25) is 4.79 Å². The number of rotatable bonds is 4. The Bertz CT molecular complexity index is 161. The first-order valence-corrected chi connectivity index (χ1v) is 5.72. The number of likely N-dealkylation sites (tertiary alicyclic amines) is 1. The van der Waals surface area contributed by atoms with Crippen molar-refractivity contribution in [3.63, 3.8) is 0 Å². The molecule has 0 bridgehead atoms. The van der Waals surface area contributed by atoms with Crippen LogP contribution in [0.25, 0.3) is 0 Å². The van der Waals surface area contributed by atoms with E-state index >= 15 is 0 Å². The summed E-state index contributed by atoms with van der Waals surface area (Å²) >= 11 is 1.94. The summed E-state index contributed by atoms with van der Waals surface area (Å²) in [5.41, 5.74) is 0. The van der Waals surface area contributed by atoms with E-state index in [1.54, 1.807) is 0 Å². The van der Waals surface area contributed by atoms with E-state index in [1.807, 2.05) is 23.6 Å². The maximum absolute atomic E-state index is 11.3. The zero-order valence-corrected chi connectivity index (χ0v) is 8.69. The molecule has 1 rings (SSSR count). The maximum Gasteiger partial charge on any atom is 0.223 e. The smallest absolute Gasteiger partial charge is 0.223 e. The van der Waals surface area contributed by atoms with Crippen molar-refractivity contribution >= 4 is 17.7 Å². The van der Waals surface area contributed by atoms with Gasteiger partial charge in [0.25, 0.3) is 0 Å². The third-order valence-electron chi connectivity index (χ3n) is 2.12. The number of hydrogen-bond donors (Lipinski definition) is 0. The summed E-state index contributed by atoms with van der Waals surface area (Å²) in [5.74, 6) is 1.53. The van der Waals surface area contributed by atoms with Gasteiger partial charge in [-0.1, -0.05) is 6.92 Å². The SMILES string of the molecule is CCCSC1CC(=O)N(CC)C1. The highest BCUT2D eigenvalue weighted by molar-refractivity contribution is 7.99. The van der Waals surface area contributed by atoms with Crippen molar-refractivity contribution in [3.05, 3.63) is 0 Å². The van der Waals surface area contributed by atoms with Crippen molar-refractivity contribution in [2.75, 3.05) is 18.8 Å². The molecule has 0 N–H and O–H groups in total. The summed E-state index contributed by atoms with van der Waals surface area (Å²) in [6.07, 6.45) is 1.97. The first kappa shape index (κ1) is 9.90. The lowest BCUT2D eigenvalue weighted by atomic mass is 10.4. The lowest BCUT2D eigenvalue weighted by molar-refractivity contribution is -0.127. The molecule has 2 nitrogen and oxygen atoms in total. The number of thioether (sulfide) groups is 1. The van der Waals surface area contributed by atoms with Gasteiger partial charge in [-0.15, -0.1) is 0 Å². The third-order valence-corrected chi connectivity index (χ3v) is 3.55. The minimum Gasteiger partial charge on any atom is -0.342 e. The van der Waals surface area contributed by atoms with E-state index in [2.05, 4.69) is 6.92 Å². The lowest BCUT2D eigenvalue weighted by Crippen LogP contribution is -2.24. The Morgan fingerprint density at radius 2 is 2.33 bits per heavy atom. The molecule has 0 spiro atoms. The van der Waals surface area contributed by atoms with E-state index in [4.69, 9.17) is 0 Å². The van der Waals surface area contributed by atoms with Gasteiger partial charge >= 0.3 is 0 Å². The number of hydrogen-bond acceptors (Lipinski definition) is 2. The molecule has 12 heavy (non-hydrogen) atoms. The van der Waals surface area contributed by atoms with E-state index in [1.165, 1.54) is 12.2 Å². The quantitative estimate of drug-likeness (QED) is 0.668. The van der Waals surface area contributed by atoms with Gasteiger partial charge in [0.15, 0.2) is 0 Å². The number of carbonyl (C=O) groups excluding carboxylic acids is 1. The van der Waals surface area contributed by atoms with Gasteiger partial charge in [0, 0.05) is 24.8 Å². The van der Waals surface area contributed by atoms with Crippen LogP contribution >= 0.6 is 11.8 Å². The van der Waals surface area contributed by atoms with Crippen LogP contribution < -0.4 is 0 Å². The van der Waals surface area contributed by atoms with Gasteiger partial charge in [0.2, 0.25) is 5.91 Å². The molecule has 1 aliphatic rings. The first-order chi connectivity index (χ1) is 5.77. The van der Waals surface area contributed by atoms with Crippen LogP contribution in [0.15, 0.2) is 0 Å². The summed E-state index contributed by atoms with van der Waals surface area (Å²) in [5, 5.41) is 0.567. The van der Waals surface area contributed by atoms with Crippen molar-refractivity contribution in [2.24, 2.45) is 0 Å². The van der Waals surface area contributed by atoms with Crippen LogP contribution in [0.3, 0.4) is 0 Å². The summed E-state index contributed by atoms with van der Waals surface area (Å²) in [6, 6.07) is 0. The average molecular weight is 187 g/mol. The van der Waals surface area contributed by atoms with Crippen LogP contribution in [-0.2, 0) is 4.79 Å². The summed E-state index contributed by atoms with van der Waals surface area (Å²) in [6.45, 7) is 6.08. The second-order valence-electron chi connectivity index (χ2n) is 3.13. The van der Waals surface area contributed by atoms with Crippen LogP contribution in [0.2, 0.25) is 0 Å². The Morgan fingerprint density at radius 3 is 2.83 bits per heavy atom. The van der Waals surface area contributed by atoms with Crippen molar-refractivity contribution in [3.8, 4) is 0 Å². The molecule has 0 aromatic rings. The largest absolute Gasteiger partial charge is 0.342 e. The highest BCUT2D eigenvalue weighted by Crippen LogP contribution is 2.23. The standard InChI is InChI=1S/C9H17NOS/c1-3-5-12-8-6-9(11)10(4-2)7-8/h8H,3-7H2,1-2H3. The number of amides is 1. The van der Waals surface area contributed by atoms with Gasteiger partial charge in [0.05, 0.1) is 0 Å². The van der Waals surface area contributed by atoms with Crippen LogP contribution in [0.1, 0.15) is 26.7 Å². The van der Waals surface area contributed by atoms with E-state index in [-0.39, 0.29) is 0 Å². The van der Waals surface area contributed by atoms with Gasteiger partial charge in [0.1, 0.15) is 0 Å². The molecular weight excluding hydrogens is 170 g/mol. The van der Waals surface area contributed by atoms with E-state index in [0.29, 0.717) is 11.2 Å². The molecule has 0 aromatic carbocycles. The Morgan fingerprint density at radius 1 is 1.58 bits per heavy atom. The highest BCUT2D eigenvalue weighted by atomic mass is 32.2. The number of carbonyl (C=O) groups is 1. The van der Waals surface area contributed by atoms with Crippen molar-refractivity contribution in [1.82, 2.24) is 4.90 Å². The fourth-order valence-electron chi connectivity index (χ4n) is 1.44. The monoisotopic (exact) mass is 187 g/mol. The van der Waals surface area contributed by atoms with Crippen LogP contribution in [0, 0.1) is 0 Å². The van der Waals surface area contributed by atoms with Crippen molar-refractivity contribution < 1.29 is 4.79 Å². The normalized spacial score (nSPS) is 23.7. The average Bonchev–Trinajstić information content (AvgIpc) is 2.43. The fourth-order valence-corrected chi connectivity index (χ4v) is 2.55. The molecular formula is C9H17NOS. The van der Waals surface area contributed by atoms with Crippen molar-refractivity contribution in [1.29, 1.82) is 0 Å². The molecule has 0 aliphatic carbocycles. The topological polar surface area (TPSA) is 20.3 Å². The molecule has 1 fully saturated rings. The molecule has 0 saturated carbocycles. The molecule has 1 saturated heterocycles. The lowest BCUT2D eigenvalue weighted by Gasteiger charge is -2.12. The van der Waals surface area contributed by atoms with Crippen LogP contribution in [0.4, 0.5) is 0 Å². The minimum atomic E-state index is 0.339. The van der Waals surface area contributed by atoms with Gasteiger partial charge in [-0.25, -0.2) is 0 Å². The predicted molar refractivity (Wildman–Crippen MR) is 53.4 cm³/mol. The maximum atomic E-state index is 11.3. The summed E-state index contributed by atoms with van der Waals surface area (Å²) in [4.78, 5) is 13.2. The second kappa shape index (κ2) is 4.75. The first-order valence-electron chi connectivity index (χ1n) is 4.67. The molecule has 1 amide bonds. The van der Waals surface area contributed by atoms with Gasteiger partial charge in [-0.05, 0) is 19.1 Å². The van der Waals surface area contributed by atoms with E-state index < -0.39 is 0 Å². The van der Waals surface area contributed by atoms with E-state index in [9.17, 15) is 4.79 Å². The van der Waals surface area contributed by atoms with E-state index in [0.717, 1.165) is 19.5 Å². The molecule has 1 atom stereocenters. The van der Waals surface area contributed by atoms with Gasteiger partial charge < -0.3 is 4.90 Å². The fraction of sp³-hybridized carbons (Fsp3) is 0.889. The Kier molecular flexibility index (Phi) is 3.92. The Labute approximate surface area is 78.7 Å². The molecule has 1 unspecified atom stereocenters. The van der Waals surface area contributed by atoms with Crippen LogP contribution in [0.5, 0.6) is 0 Å². The van der Waals surface area contributed by atoms with Crippen molar-refractivity contribution in [2.45, 2.75) is 31.9 Å². The second-order valence-corrected chi connectivity index (χ2v) is 4.54. The van der Waals surface area contributed by atoms with Gasteiger partial charge in [-0.2, -0.15) is 11.8 Å². The molecule has 70 valence electrons. The molecule has 1 heterocycles. The Hall–Kier alpha value is -0.180. The zero-order valence-electron chi connectivity index (χ0n) is 7.88. The van der Waals surface area contributed by atoms with Crippen LogP contribution in [-0.4, -0.2) is 34.9 Å². The summed E-state index contributed by atoms with van der Waals surface area (Å²) < 4.78 is 0. The zero-order chi connectivity index (χ0) is 8.97.